The van der Waals surface area contributed by atoms with Gasteiger partial charge in [0.2, 0.25) is 5.91 Å². The molecule has 3 rings (SSSR count). The van der Waals surface area contributed by atoms with Gasteiger partial charge in [0.15, 0.2) is 5.96 Å². The molecule has 2 heterocycles. The van der Waals surface area contributed by atoms with Crippen LogP contribution in [0.4, 0.5) is 0 Å². The first-order valence-electron chi connectivity index (χ1n) is 9.72. The van der Waals surface area contributed by atoms with Gasteiger partial charge in [0.05, 0.1) is 12.1 Å². The van der Waals surface area contributed by atoms with Crippen molar-refractivity contribution in [2.24, 2.45) is 4.99 Å². The number of ether oxygens (including phenoxy) is 1. The Morgan fingerprint density at radius 1 is 1.32 bits per heavy atom. The van der Waals surface area contributed by atoms with Crippen molar-refractivity contribution >= 4 is 17.8 Å². The fourth-order valence-corrected chi connectivity index (χ4v) is 3.41. The lowest BCUT2D eigenvalue weighted by Gasteiger charge is -2.26. The molecule has 2 amide bonds. The normalized spacial score (nSPS) is 22.7. The van der Waals surface area contributed by atoms with Gasteiger partial charge in [-0.25, -0.2) is 0 Å². The van der Waals surface area contributed by atoms with E-state index >= 15 is 0 Å². The van der Waals surface area contributed by atoms with Crippen molar-refractivity contribution in [3.8, 4) is 0 Å². The predicted octanol–water partition coefficient (Wildman–Crippen LogP) is 0.493. The van der Waals surface area contributed by atoms with Gasteiger partial charge in [0, 0.05) is 45.4 Å². The van der Waals surface area contributed by atoms with Crippen LogP contribution in [0, 0.1) is 0 Å². The van der Waals surface area contributed by atoms with Crippen LogP contribution in [-0.2, 0) is 16.1 Å². The molecule has 2 aliphatic heterocycles. The Morgan fingerprint density at radius 3 is 2.75 bits per heavy atom. The van der Waals surface area contributed by atoms with Crippen molar-refractivity contribution in [1.82, 2.24) is 20.9 Å². The first kappa shape index (κ1) is 20.1. The molecule has 2 aliphatic rings. The van der Waals surface area contributed by atoms with E-state index in [1.54, 1.807) is 24.1 Å². The number of guanidine groups is 1. The highest BCUT2D eigenvalue weighted by Gasteiger charge is 2.29. The zero-order chi connectivity index (χ0) is 20.0. The third-order valence-corrected chi connectivity index (χ3v) is 5.14. The standard InChI is InChI=1S/C20H29N5O3/c1-20(8-3-11-28-20)14-24-19(21-2)23-12-15-4-6-16(7-5-15)18(27)25-10-9-22-17(26)13-25/h4-7H,3,8-14H2,1-2H3,(H,22,26)(H2,21,23,24). The highest BCUT2D eigenvalue weighted by Crippen LogP contribution is 2.23. The Kier molecular flexibility index (Phi) is 6.51. The minimum Gasteiger partial charge on any atom is -0.373 e. The van der Waals surface area contributed by atoms with Gasteiger partial charge in [-0.2, -0.15) is 0 Å². The minimum atomic E-state index is -0.134. The van der Waals surface area contributed by atoms with E-state index in [0.29, 0.717) is 31.7 Å². The van der Waals surface area contributed by atoms with Crippen molar-refractivity contribution in [2.75, 3.05) is 39.8 Å². The summed E-state index contributed by atoms with van der Waals surface area (Å²) in [5.74, 6) is 0.490. The lowest BCUT2D eigenvalue weighted by Crippen LogP contribution is -2.49. The summed E-state index contributed by atoms with van der Waals surface area (Å²) in [5.41, 5.74) is 1.50. The van der Waals surface area contributed by atoms with Gasteiger partial charge in [0.1, 0.15) is 0 Å². The number of benzene rings is 1. The van der Waals surface area contributed by atoms with E-state index in [1.807, 2.05) is 12.1 Å². The third-order valence-electron chi connectivity index (χ3n) is 5.14. The fraction of sp³-hybridized carbons (Fsp3) is 0.550. The lowest BCUT2D eigenvalue weighted by atomic mass is 10.0. The van der Waals surface area contributed by atoms with Crippen LogP contribution in [0.2, 0.25) is 0 Å². The number of nitrogens with one attached hydrogen (secondary N) is 3. The highest BCUT2D eigenvalue weighted by atomic mass is 16.5. The third kappa shape index (κ3) is 5.22. The summed E-state index contributed by atoms with van der Waals surface area (Å²) in [6, 6.07) is 7.43. The second-order valence-electron chi connectivity index (χ2n) is 7.45. The largest absolute Gasteiger partial charge is 0.373 e. The maximum Gasteiger partial charge on any atom is 0.254 e. The average molecular weight is 387 g/mol. The molecular weight excluding hydrogens is 358 g/mol. The van der Waals surface area contributed by atoms with Gasteiger partial charge in [0.25, 0.3) is 5.91 Å². The molecule has 8 heteroatoms. The molecule has 0 saturated carbocycles. The molecule has 1 aromatic carbocycles. The number of carbonyl (C=O) groups excluding carboxylic acids is 2. The van der Waals surface area contributed by atoms with E-state index in [0.717, 1.165) is 31.0 Å². The molecule has 2 fully saturated rings. The number of hydrogen-bond donors (Lipinski definition) is 3. The van der Waals surface area contributed by atoms with Crippen molar-refractivity contribution < 1.29 is 14.3 Å². The smallest absolute Gasteiger partial charge is 0.254 e. The SMILES string of the molecule is CN=C(NCc1ccc(C(=O)N2CCNC(=O)C2)cc1)NCC1(C)CCCO1. The fourth-order valence-electron chi connectivity index (χ4n) is 3.41. The zero-order valence-electron chi connectivity index (χ0n) is 16.6. The van der Waals surface area contributed by atoms with E-state index in [2.05, 4.69) is 27.9 Å². The second-order valence-corrected chi connectivity index (χ2v) is 7.45. The number of aliphatic imine (C=N–C) groups is 1. The molecule has 1 atom stereocenters. The summed E-state index contributed by atoms with van der Waals surface area (Å²) in [5, 5.41) is 9.32. The summed E-state index contributed by atoms with van der Waals surface area (Å²) in [4.78, 5) is 29.8. The lowest BCUT2D eigenvalue weighted by molar-refractivity contribution is -0.123. The summed E-state index contributed by atoms with van der Waals surface area (Å²) < 4.78 is 5.78. The van der Waals surface area contributed by atoms with Crippen LogP contribution in [0.25, 0.3) is 0 Å². The zero-order valence-corrected chi connectivity index (χ0v) is 16.6. The molecule has 3 N–H and O–H groups in total. The first-order chi connectivity index (χ1) is 13.5. The van der Waals surface area contributed by atoms with E-state index in [1.165, 1.54) is 0 Å². The van der Waals surface area contributed by atoms with Gasteiger partial charge in [-0.1, -0.05) is 12.1 Å². The van der Waals surface area contributed by atoms with E-state index in [4.69, 9.17) is 4.74 Å². The van der Waals surface area contributed by atoms with Crippen LogP contribution in [0.1, 0.15) is 35.7 Å². The number of piperazine rings is 1. The van der Waals surface area contributed by atoms with Gasteiger partial charge >= 0.3 is 0 Å². The van der Waals surface area contributed by atoms with Crippen LogP contribution in [0.3, 0.4) is 0 Å². The van der Waals surface area contributed by atoms with Gasteiger partial charge in [-0.05, 0) is 37.5 Å². The number of nitrogens with zero attached hydrogens (tertiary/aromatic N) is 2. The molecule has 8 nitrogen and oxygen atoms in total. The topological polar surface area (TPSA) is 95.1 Å². The molecule has 0 aliphatic carbocycles. The molecule has 0 radical (unpaired) electrons. The van der Waals surface area contributed by atoms with Crippen LogP contribution >= 0.6 is 0 Å². The average Bonchev–Trinajstić information content (AvgIpc) is 3.15. The maximum absolute atomic E-state index is 12.5. The van der Waals surface area contributed by atoms with Crippen molar-refractivity contribution in [2.45, 2.75) is 31.9 Å². The predicted molar refractivity (Wildman–Crippen MR) is 107 cm³/mol. The second kappa shape index (κ2) is 9.05. The Balaban J connectivity index is 1.49. The molecule has 0 aromatic heterocycles. The Labute approximate surface area is 165 Å². The number of rotatable bonds is 5. The molecule has 2 saturated heterocycles. The van der Waals surface area contributed by atoms with Gasteiger partial charge < -0.3 is 25.6 Å². The Hall–Kier alpha value is -2.61. The van der Waals surface area contributed by atoms with Crippen LogP contribution < -0.4 is 16.0 Å². The van der Waals surface area contributed by atoms with Crippen LogP contribution in [0.5, 0.6) is 0 Å². The van der Waals surface area contributed by atoms with E-state index < -0.39 is 0 Å². The summed E-state index contributed by atoms with van der Waals surface area (Å²) in [6.07, 6.45) is 2.14. The maximum atomic E-state index is 12.5. The summed E-state index contributed by atoms with van der Waals surface area (Å²) >= 11 is 0. The molecular formula is C20H29N5O3. The number of hydrogen-bond acceptors (Lipinski definition) is 4. The van der Waals surface area contributed by atoms with Crippen LogP contribution in [-0.4, -0.2) is 68.1 Å². The molecule has 152 valence electrons. The van der Waals surface area contributed by atoms with Gasteiger partial charge in [-0.3, -0.25) is 14.6 Å². The molecule has 0 spiro atoms. The van der Waals surface area contributed by atoms with Gasteiger partial charge in [-0.15, -0.1) is 0 Å². The Morgan fingerprint density at radius 2 is 2.11 bits per heavy atom. The summed E-state index contributed by atoms with van der Waals surface area (Å²) in [7, 11) is 1.74. The molecule has 1 aromatic rings. The summed E-state index contributed by atoms with van der Waals surface area (Å²) in [6.45, 7) is 5.40. The first-order valence-corrected chi connectivity index (χ1v) is 9.72. The molecule has 1 unspecified atom stereocenters. The number of carbonyl (C=O) groups is 2. The number of amides is 2. The highest BCUT2D eigenvalue weighted by molar-refractivity contribution is 5.97. The molecule has 0 bridgehead atoms. The van der Waals surface area contributed by atoms with E-state index in [9.17, 15) is 9.59 Å². The van der Waals surface area contributed by atoms with Crippen molar-refractivity contribution in [3.63, 3.8) is 0 Å². The van der Waals surface area contributed by atoms with Crippen molar-refractivity contribution in [3.05, 3.63) is 35.4 Å². The van der Waals surface area contributed by atoms with Crippen molar-refractivity contribution in [1.29, 1.82) is 0 Å². The monoisotopic (exact) mass is 387 g/mol. The quantitative estimate of drug-likeness (QED) is 0.505. The van der Waals surface area contributed by atoms with E-state index in [-0.39, 0.29) is 24.0 Å². The Bertz CT molecular complexity index is 726. The van der Waals surface area contributed by atoms with Crippen LogP contribution in [0.15, 0.2) is 29.3 Å². The minimum absolute atomic E-state index is 0.114. The molecule has 28 heavy (non-hydrogen) atoms.